The molecule has 0 radical (unpaired) electrons. The van der Waals surface area contributed by atoms with E-state index in [9.17, 15) is 4.79 Å². The summed E-state index contributed by atoms with van der Waals surface area (Å²) in [5, 5.41) is 2.73. The molecule has 76 valence electrons. The van der Waals surface area contributed by atoms with E-state index in [0.29, 0.717) is 6.61 Å². The number of hydrogen-bond donors (Lipinski definition) is 1. The maximum atomic E-state index is 10.9. The van der Waals surface area contributed by atoms with E-state index >= 15 is 0 Å². The SMILES string of the molecule is CNCC(=O)OCCc1ccncc1. The Morgan fingerprint density at radius 3 is 2.86 bits per heavy atom. The van der Waals surface area contributed by atoms with Gasteiger partial charge < -0.3 is 10.1 Å². The first-order valence-electron chi connectivity index (χ1n) is 4.52. The van der Waals surface area contributed by atoms with E-state index in [-0.39, 0.29) is 12.5 Å². The van der Waals surface area contributed by atoms with Gasteiger partial charge in [-0.25, -0.2) is 0 Å². The lowest BCUT2D eigenvalue weighted by molar-refractivity contribution is -0.142. The molecule has 0 unspecified atom stereocenters. The number of aromatic nitrogens is 1. The summed E-state index contributed by atoms with van der Waals surface area (Å²) in [7, 11) is 1.71. The first-order chi connectivity index (χ1) is 6.83. The zero-order valence-electron chi connectivity index (χ0n) is 8.19. The van der Waals surface area contributed by atoms with Crippen LogP contribution >= 0.6 is 0 Å². The highest BCUT2D eigenvalue weighted by Crippen LogP contribution is 1.97. The molecule has 1 N–H and O–H groups in total. The molecule has 0 bridgehead atoms. The predicted molar refractivity (Wildman–Crippen MR) is 52.8 cm³/mol. The average Bonchev–Trinajstić information content (AvgIpc) is 2.20. The molecular weight excluding hydrogens is 180 g/mol. The van der Waals surface area contributed by atoms with Gasteiger partial charge in [0.15, 0.2) is 0 Å². The van der Waals surface area contributed by atoms with Crippen LogP contribution in [0.3, 0.4) is 0 Å². The van der Waals surface area contributed by atoms with Crippen LogP contribution in [0.1, 0.15) is 5.56 Å². The number of pyridine rings is 1. The highest BCUT2D eigenvalue weighted by molar-refractivity contribution is 5.71. The first-order valence-corrected chi connectivity index (χ1v) is 4.52. The second kappa shape index (κ2) is 6.10. The third kappa shape index (κ3) is 4.00. The smallest absolute Gasteiger partial charge is 0.319 e. The Bertz CT molecular complexity index is 275. The Hall–Kier alpha value is -1.42. The van der Waals surface area contributed by atoms with Crippen molar-refractivity contribution in [3.63, 3.8) is 0 Å². The van der Waals surface area contributed by atoms with Crippen molar-refractivity contribution in [2.75, 3.05) is 20.2 Å². The zero-order valence-corrected chi connectivity index (χ0v) is 8.19. The van der Waals surface area contributed by atoms with Crippen molar-refractivity contribution < 1.29 is 9.53 Å². The summed E-state index contributed by atoms with van der Waals surface area (Å²) in [6, 6.07) is 3.82. The number of esters is 1. The maximum absolute atomic E-state index is 10.9. The van der Waals surface area contributed by atoms with Gasteiger partial charge in [-0.15, -0.1) is 0 Å². The Kier molecular flexibility index (Phi) is 4.64. The number of likely N-dealkylation sites (N-methyl/N-ethyl adjacent to an activating group) is 1. The molecule has 0 saturated heterocycles. The molecule has 1 heterocycles. The van der Waals surface area contributed by atoms with Crippen LogP contribution in [0.15, 0.2) is 24.5 Å². The number of rotatable bonds is 5. The molecule has 0 amide bonds. The Morgan fingerprint density at radius 1 is 1.50 bits per heavy atom. The molecule has 0 aromatic carbocycles. The summed E-state index contributed by atoms with van der Waals surface area (Å²) >= 11 is 0. The number of ether oxygens (including phenoxy) is 1. The largest absolute Gasteiger partial charge is 0.464 e. The van der Waals surface area contributed by atoms with Crippen LogP contribution in [0.5, 0.6) is 0 Å². The second-order valence-electron chi connectivity index (χ2n) is 2.86. The van der Waals surface area contributed by atoms with Crippen LogP contribution in [0.4, 0.5) is 0 Å². The van der Waals surface area contributed by atoms with Gasteiger partial charge in [0.1, 0.15) is 0 Å². The van der Waals surface area contributed by atoms with Crippen LogP contribution in [-0.4, -0.2) is 31.2 Å². The minimum Gasteiger partial charge on any atom is -0.464 e. The number of carbonyl (C=O) groups is 1. The van der Waals surface area contributed by atoms with Crippen molar-refractivity contribution in [2.24, 2.45) is 0 Å². The molecule has 1 rings (SSSR count). The van der Waals surface area contributed by atoms with E-state index in [2.05, 4.69) is 10.3 Å². The van der Waals surface area contributed by atoms with Crippen molar-refractivity contribution in [3.05, 3.63) is 30.1 Å². The lowest BCUT2D eigenvalue weighted by Gasteiger charge is -2.03. The van der Waals surface area contributed by atoms with Crippen molar-refractivity contribution in [2.45, 2.75) is 6.42 Å². The lowest BCUT2D eigenvalue weighted by Crippen LogP contribution is -2.21. The van der Waals surface area contributed by atoms with Gasteiger partial charge in [0.05, 0.1) is 13.2 Å². The van der Waals surface area contributed by atoms with Gasteiger partial charge in [-0.3, -0.25) is 9.78 Å². The van der Waals surface area contributed by atoms with Crippen LogP contribution in [0, 0.1) is 0 Å². The molecule has 0 aliphatic carbocycles. The normalized spacial score (nSPS) is 9.79. The van der Waals surface area contributed by atoms with Crippen LogP contribution in [-0.2, 0) is 16.0 Å². The van der Waals surface area contributed by atoms with Gasteiger partial charge in [0, 0.05) is 18.8 Å². The highest BCUT2D eigenvalue weighted by atomic mass is 16.5. The third-order valence-electron chi connectivity index (χ3n) is 1.72. The van der Waals surface area contributed by atoms with Crippen molar-refractivity contribution in [3.8, 4) is 0 Å². The van der Waals surface area contributed by atoms with Crippen molar-refractivity contribution in [1.82, 2.24) is 10.3 Å². The molecule has 0 spiro atoms. The Balaban J connectivity index is 2.19. The summed E-state index contributed by atoms with van der Waals surface area (Å²) in [4.78, 5) is 14.8. The number of nitrogens with zero attached hydrogens (tertiary/aromatic N) is 1. The molecular formula is C10H14N2O2. The van der Waals surface area contributed by atoms with E-state index in [1.54, 1.807) is 19.4 Å². The fraction of sp³-hybridized carbons (Fsp3) is 0.400. The molecule has 1 aromatic rings. The van der Waals surface area contributed by atoms with Gasteiger partial charge in [-0.2, -0.15) is 0 Å². The van der Waals surface area contributed by atoms with Crippen LogP contribution < -0.4 is 5.32 Å². The minimum absolute atomic E-state index is 0.221. The molecule has 4 heteroatoms. The van der Waals surface area contributed by atoms with Gasteiger partial charge >= 0.3 is 5.97 Å². The van der Waals surface area contributed by atoms with E-state index in [4.69, 9.17) is 4.74 Å². The lowest BCUT2D eigenvalue weighted by atomic mass is 10.2. The maximum Gasteiger partial charge on any atom is 0.319 e. The summed E-state index contributed by atoms with van der Waals surface area (Å²) in [6.45, 7) is 0.681. The van der Waals surface area contributed by atoms with Gasteiger partial charge in [0.2, 0.25) is 0 Å². The molecule has 0 atom stereocenters. The quantitative estimate of drug-likeness (QED) is 0.689. The predicted octanol–water partition coefficient (Wildman–Crippen LogP) is 0.387. The standard InChI is InChI=1S/C10H14N2O2/c1-11-8-10(13)14-7-4-9-2-5-12-6-3-9/h2-3,5-6,11H,4,7-8H2,1H3. The van der Waals surface area contributed by atoms with Gasteiger partial charge in [-0.1, -0.05) is 0 Å². The van der Waals surface area contributed by atoms with Gasteiger partial charge in [0.25, 0.3) is 0 Å². The summed E-state index contributed by atoms with van der Waals surface area (Å²) in [5.74, 6) is -0.221. The van der Waals surface area contributed by atoms with Crippen molar-refractivity contribution in [1.29, 1.82) is 0 Å². The fourth-order valence-electron chi connectivity index (χ4n) is 1.03. The van der Waals surface area contributed by atoms with Crippen LogP contribution in [0.2, 0.25) is 0 Å². The third-order valence-corrected chi connectivity index (χ3v) is 1.72. The minimum atomic E-state index is -0.221. The monoisotopic (exact) mass is 194 g/mol. The van der Waals surface area contributed by atoms with Crippen LogP contribution in [0.25, 0.3) is 0 Å². The highest BCUT2D eigenvalue weighted by Gasteiger charge is 1.99. The van der Waals surface area contributed by atoms with E-state index in [1.807, 2.05) is 12.1 Å². The van der Waals surface area contributed by atoms with E-state index in [0.717, 1.165) is 12.0 Å². The average molecular weight is 194 g/mol. The second-order valence-corrected chi connectivity index (χ2v) is 2.86. The molecule has 1 aromatic heterocycles. The Morgan fingerprint density at radius 2 is 2.21 bits per heavy atom. The molecule has 0 saturated carbocycles. The fourth-order valence-corrected chi connectivity index (χ4v) is 1.03. The zero-order chi connectivity index (χ0) is 10.2. The molecule has 4 nitrogen and oxygen atoms in total. The van der Waals surface area contributed by atoms with Gasteiger partial charge in [-0.05, 0) is 24.7 Å². The number of hydrogen-bond acceptors (Lipinski definition) is 4. The molecule has 14 heavy (non-hydrogen) atoms. The molecule has 0 aliphatic heterocycles. The number of nitrogens with one attached hydrogen (secondary N) is 1. The molecule has 0 aliphatic rings. The van der Waals surface area contributed by atoms with E-state index < -0.39 is 0 Å². The first kappa shape index (κ1) is 10.7. The summed E-state index contributed by atoms with van der Waals surface area (Å²) in [6.07, 6.45) is 4.19. The van der Waals surface area contributed by atoms with Crippen molar-refractivity contribution >= 4 is 5.97 Å². The summed E-state index contributed by atoms with van der Waals surface area (Å²) < 4.78 is 4.96. The summed E-state index contributed by atoms with van der Waals surface area (Å²) in [5.41, 5.74) is 1.12. The number of carbonyl (C=O) groups excluding carboxylic acids is 1. The van der Waals surface area contributed by atoms with E-state index in [1.165, 1.54) is 0 Å². The topological polar surface area (TPSA) is 51.2 Å². The Labute approximate surface area is 83.3 Å². The molecule has 0 fully saturated rings.